The molecule has 1 aromatic heterocycles. The van der Waals surface area contributed by atoms with Gasteiger partial charge in [-0.25, -0.2) is 9.66 Å². The SMILES string of the molecule is Nn1c(C(=O)N2CCCC2)nc2ccccc2c1=O. The molecule has 1 saturated heterocycles. The molecule has 98 valence electrons. The number of nitrogen functional groups attached to an aromatic ring is 1. The number of nitrogens with zero attached hydrogens (tertiary/aromatic N) is 3. The Labute approximate surface area is 109 Å². The minimum absolute atomic E-state index is 0.00519. The summed E-state index contributed by atoms with van der Waals surface area (Å²) in [6.45, 7) is 1.39. The molecule has 0 radical (unpaired) electrons. The fourth-order valence-electron chi connectivity index (χ4n) is 2.36. The first-order valence-electron chi connectivity index (χ1n) is 6.24. The number of likely N-dealkylation sites (tertiary alicyclic amines) is 1. The van der Waals surface area contributed by atoms with Gasteiger partial charge in [-0.1, -0.05) is 12.1 Å². The number of hydrogen-bond donors (Lipinski definition) is 1. The molecule has 1 aliphatic heterocycles. The predicted molar refractivity (Wildman–Crippen MR) is 71.3 cm³/mol. The largest absolute Gasteiger partial charge is 0.336 e. The Balaban J connectivity index is 2.16. The molecule has 6 heteroatoms. The van der Waals surface area contributed by atoms with Crippen molar-refractivity contribution in [2.45, 2.75) is 12.8 Å². The van der Waals surface area contributed by atoms with E-state index in [1.165, 1.54) is 0 Å². The Kier molecular flexibility index (Phi) is 2.70. The van der Waals surface area contributed by atoms with Crippen LogP contribution in [0.25, 0.3) is 10.9 Å². The summed E-state index contributed by atoms with van der Waals surface area (Å²) in [6, 6.07) is 6.88. The molecule has 3 rings (SSSR count). The lowest BCUT2D eigenvalue weighted by Gasteiger charge is -2.16. The van der Waals surface area contributed by atoms with Crippen molar-refractivity contribution in [3.63, 3.8) is 0 Å². The van der Waals surface area contributed by atoms with Crippen LogP contribution < -0.4 is 11.4 Å². The van der Waals surface area contributed by atoms with E-state index in [-0.39, 0.29) is 11.7 Å². The van der Waals surface area contributed by atoms with Gasteiger partial charge in [-0.05, 0) is 25.0 Å². The monoisotopic (exact) mass is 258 g/mol. The van der Waals surface area contributed by atoms with Crippen molar-refractivity contribution in [3.05, 3.63) is 40.4 Å². The zero-order valence-electron chi connectivity index (χ0n) is 10.4. The summed E-state index contributed by atoms with van der Waals surface area (Å²) in [5.74, 6) is 5.44. The van der Waals surface area contributed by atoms with Crippen molar-refractivity contribution >= 4 is 16.8 Å². The van der Waals surface area contributed by atoms with Gasteiger partial charge in [0, 0.05) is 13.1 Å². The van der Waals surface area contributed by atoms with Gasteiger partial charge < -0.3 is 10.7 Å². The lowest BCUT2D eigenvalue weighted by atomic mass is 10.2. The van der Waals surface area contributed by atoms with E-state index >= 15 is 0 Å². The average Bonchev–Trinajstić information content (AvgIpc) is 2.96. The summed E-state index contributed by atoms with van der Waals surface area (Å²) in [4.78, 5) is 30.3. The van der Waals surface area contributed by atoms with Crippen molar-refractivity contribution in [3.8, 4) is 0 Å². The summed E-state index contributed by atoms with van der Waals surface area (Å²) in [5.41, 5.74) is 0.102. The lowest BCUT2D eigenvalue weighted by Crippen LogP contribution is -2.39. The van der Waals surface area contributed by atoms with Crippen LogP contribution in [-0.4, -0.2) is 33.6 Å². The normalized spacial score (nSPS) is 15.1. The number of hydrogen-bond acceptors (Lipinski definition) is 4. The van der Waals surface area contributed by atoms with Crippen molar-refractivity contribution in [2.24, 2.45) is 0 Å². The van der Waals surface area contributed by atoms with Gasteiger partial charge in [-0.3, -0.25) is 9.59 Å². The number of rotatable bonds is 1. The number of fused-ring (bicyclic) bond motifs is 1. The van der Waals surface area contributed by atoms with Gasteiger partial charge >= 0.3 is 0 Å². The second-order valence-electron chi connectivity index (χ2n) is 4.63. The number of nitrogens with two attached hydrogens (primary N) is 1. The highest BCUT2D eigenvalue weighted by Crippen LogP contribution is 2.12. The van der Waals surface area contributed by atoms with Crippen LogP contribution in [0, 0.1) is 0 Å². The van der Waals surface area contributed by atoms with Gasteiger partial charge in [0.1, 0.15) is 0 Å². The predicted octanol–water partition coefficient (Wildman–Crippen LogP) is 0.346. The molecule has 0 aliphatic carbocycles. The average molecular weight is 258 g/mol. The molecule has 1 aromatic carbocycles. The fraction of sp³-hybridized carbons (Fsp3) is 0.308. The highest BCUT2D eigenvalue weighted by Gasteiger charge is 2.24. The minimum Gasteiger partial charge on any atom is -0.336 e. The maximum absolute atomic E-state index is 12.3. The van der Waals surface area contributed by atoms with E-state index in [0.717, 1.165) is 17.5 Å². The molecule has 1 aliphatic rings. The Bertz CT molecular complexity index is 701. The quantitative estimate of drug-likeness (QED) is 0.748. The molecular weight excluding hydrogens is 244 g/mol. The van der Waals surface area contributed by atoms with E-state index in [9.17, 15) is 9.59 Å². The van der Waals surface area contributed by atoms with Crippen LogP contribution >= 0.6 is 0 Å². The third-order valence-corrected chi connectivity index (χ3v) is 3.39. The molecule has 2 aromatic rings. The number of carbonyl (C=O) groups is 1. The lowest BCUT2D eigenvalue weighted by molar-refractivity contribution is 0.0776. The molecule has 0 unspecified atom stereocenters. The van der Waals surface area contributed by atoms with Gasteiger partial charge in [0.25, 0.3) is 11.5 Å². The number of para-hydroxylation sites is 1. The van der Waals surface area contributed by atoms with Crippen molar-refractivity contribution < 1.29 is 4.79 Å². The number of benzene rings is 1. The Hall–Kier alpha value is -2.37. The molecule has 0 spiro atoms. The molecular formula is C13H14N4O2. The van der Waals surface area contributed by atoms with Gasteiger partial charge in [-0.2, -0.15) is 0 Å². The summed E-state index contributed by atoms with van der Waals surface area (Å²) < 4.78 is 0.850. The molecule has 1 amide bonds. The molecule has 2 N–H and O–H groups in total. The Morgan fingerprint density at radius 1 is 1.21 bits per heavy atom. The van der Waals surface area contributed by atoms with E-state index in [2.05, 4.69) is 4.98 Å². The van der Waals surface area contributed by atoms with E-state index < -0.39 is 5.56 Å². The van der Waals surface area contributed by atoms with Crippen molar-refractivity contribution in [1.82, 2.24) is 14.6 Å². The van der Waals surface area contributed by atoms with Gasteiger partial charge in [-0.15, -0.1) is 0 Å². The van der Waals surface area contributed by atoms with E-state index in [0.29, 0.717) is 24.0 Å². The zero-order valence-corrected chi connectivity index (χ0v) is 10.4. The van der Waals surface area contributed by atoms with Crippen LogP contribution in [0.1, 0.15) is 23.5 Å². The fourth-order valence-corrected chi connectivity index (χ4v) is 2.36. The van der Waals surface area contributed by atoms with E-state index in [1.807, 2.05) is 0 Å². The third kappa shape index (κ3) is 1.85. The summed E-state index contributed by atoms with van der Waals surface area (Å²) in [6.07, 6.45) is 1.96. The van der Waals surface area contributed by atoms with Crippen LogP contribution in [0.4, 0.5) is 0 Å². The Morgan fingerprint density at radius 3 is 2.63 bits per heavy atom. The molecule has 19 heavy (non-hydrogen) atoms. The van der Waals surface area contributed by atoms with Crippen molar-refractivity contribution in [2.75, 3.05) is 18.9 Å². The first kappa shape index (κ1) is 11.7. The maximum atomic E-state index is 12.3. The second kappa shape index (κ2) is 4.38. The number of amides is 1. The number of aromatic nitrogens is 2. The second-order valence-corrected chi connectivity index (χ2v) is 4.63. The first-order valence-corrected chi connectivity index (χ1v) is 6.24. The molecule has 0 bridgehead atoms. The van der Waals surface area contributed by atoms with Crippen molar-refractivity contribution in [1.29, 1.82) is 0 Å². The van der Waals surface area contributed by atoms with Crippen LogP contribution in [0.5, 0.6) is 0 Å². The van der Waals surface area contributed by atoms with Crippen LogP contribution in [0.2, 0.25) is 0 Å². The topological polar surface area (TPSA) is 81.2 Å². The highest BCUT2D eigenvalue weighted by atomic mass is 16.2. The molecule has 1 fully saturated rings. The maximum Gasteiger partial charge on any atom is 0.291 e. The summed E-state index contributed by atoms with van der Waals surface area (Å²) >= 11 is 0. The van der Waals surface area contributed by atoms with Gasteiger partial charge in [0.15, 0.2) is 0 Å². The first-order chi connectivity index (χ1) is 9.18. The smallest absolute Gasteiger partial charge is 0.291 e. The third-order valence-electron chi connectivity index (χ3n) is 3.39. The van der Waals surface area contributed by atoms with Crippen LogP contribution in [0.3, 0.4) is 0 Å². The number of carbonyl (C=O) groups excluding carboxylic acids is 1. The summed E-state index contributed by atoms with van der Waals surface area (Å²) in [7, 11) is 0. The van der Waals surface area contributed by atoms with Crippen LogP contribution in [-0.2, 0) is 0 Å². The van der Waals surface area contributed by atoms with E-state index in [4.69, 9.17) is 5.84 Å². The zero-order chi connectivity index (χ0) is 13.4. The van der Waals surface area contributed by atoms with Gasteiger partial charge in [0.2, 0.25) is 5.82 Å². The van der Waals surface area contributed by atoms with Gasteiger partial charge in [0.05, 0.1) is 10.9 Å². The highest BCUT2D eigenvalue weighted by molar-refractivity contribution is 5.93. The molecule has 0 atom stereocenters. The molecule has 6 nitrogen and oxygen atoms in total. The standard InChI is InChI=1S/C13H14N4O2/c14-17-11(13(19)16-7-3-4-8-16)15-10-6-2-1-5-9(10)12(17)18/h1-2,5-6H,3-4,7-8,14H2. The summed E-state index contributed by atoms with van der Waals surface area (Å²) in [5, 5.41) is 0.419. The minimum atomic E-state index is -0.395. The van der Waals surface area contributed by atoms with E-state index in [1.54, 1.807) is 29.2 Å². The van der Waals surface area contributed by atoms with Crippen LogP contribution in [0.15, 0.2) is 29.1 Å². The Morgan fingerprint density at radius 2 is 1.89 bits per heavy atom. The molecule has 2 heterocycles. The molecule has 0 saturated carbocycles.